The van der Waals surface area contributed by atoms with E-state index in [1.807, 2.05) is 17.1 Å². The maximum Gasteiger partial charge on any atom is 0.278 e. The number of hydrogen-bond donors (Lipinski definition) is 0. The Labute approximate surface area is 133 Å². The van der Waals surface area contributed by atoms with Crippen molar-refractivity contribution in [2.75, 3.05) is 0 Å². The van der Waals surface area contributed by atoms with E-state index in [2.05, 4.69) is 38.4 Å². The standard InChI is InChI=1S/C17H17N5O/c1-3-13-11-14(20-22(13)10-1)15-19-16(21-23-15)17(6-2-7-17)12-4-8-18-9-5-12/h4-5,8-9,11H,1-3,6-7,10H2. The normalized spacial score (nSPS) is 18.6. The van der Waals surface area contributed by atoms with Crippen molar-refractivity contribution < 1.29 is 4.52 Å². The van der Waals surface area contributed by atoms with Gasteiger partial charge in [0.2, 0.25) is 0 Å². The summed E-state index contributed by atoms with van der Waals surface area (Å²) >= 11 is 0. The van der Waals surface area contributed by atoms with Gasteiger partial charge in [-0.2, -0.15) is 10.1 Å². The van der Waals surface area contributed by atoms with Gasteiger partial charge in [-0.3, -0.25) is 9.67 Å². The highest BCUT2D eigenvalue weighted by molar-refractivity contribution is 5.48. The molecule has 23 heavy (non-hydrogen) atoms. The van der Waals surface area contributed by atoms with Gasteiger partial charge >= 0.3 is 0 Å². The van der Waals surface area contributed by atoms with Gasteiger partial charge in [0.25, 0.3) is 5.89 Å². The van der Waals surface area contributed by atoms with Gasteiger partial charge in [0.05, 0.1) is 5.41 Å². The molecule has 0 aromatic carbocycles. The third-order valence-corrected chi connectivity index (χ3v) is 5.18. The Kier molecular flexibility index (Phi) is 2.68. The first-order valence-electron chi connectivity index (χ1n) is 8.17. The largest absolute Gasteiger partial charge is 0.332 e. The fourth-order valence-corrected chi connectivity index (χ4v) is 3.73. The van der Waals surface area contributed by atoms with Crippen molar-refractivity contribution in [3.05, 3.63) is 47.7 Å². The van der Waals surface area contributed by atoms with Crippen LogP contribution < -0.4 is 0 Å². The topological polar surface area (TPSA) is 69.6 Å². The van der Waals surface area contributed by atoms with Crippen molar-refractivity contribution in [2.45, 2.75) is 44.1 Å². The SMILES string of the molecule is c1cc(C2(c3noc(-c4cc5n(n4)CCC5)n3)CCC2)ccn1. The average molecular weight is 307 g/mol. The minimum absolute atomic E-state index is 0.118. The molecule has 6 heteroatoms. The summed E-state index contributed by atoms with van der Waals surface area (Å²) in [5.74, 6) is 1.31. The molecule has 1 saturated carbocycles. The van der Waals surface area contributed by atoms with E-state index in [1.165, 1.54) is 24.1 Å². The molecule has 5 rings (SSSR count). The molecule has 1 aliphatic carbocycles. The number of fused-ring (bicyclic) bond motifs is 1. The molecule has 116 valence electrons. The van der Waals surface area contributed by atoms with Crippen LogP contribution in [0.2, 0.25) is 0 Å². The average Bonchev–Trinajstić information content (AvgIpc) is 3.22. The summed E-state index contributed by atoms with van der Waals surface area (Å²) in [5.41, 5.74) is 3.15. The van der Waals surface area contributed by atoms with Crippen molar-refractivity contribution in [3.63, 3.8) is 0 Å². The lowest BCUT2D eigenvalue weighted by molar-refractivity contribution is 0.272. The lowest BCUT2D eigenvalue weighted by Crippen LogP contribution is -2.36. The Balaban J connectivity index is 1.53. The molecule has 0 saturated heterocycles. The smallest absolute Gasteiger partial charge is 0.278 e. The van der Waals surface area contributed by atoms with Gasteiger partial charge in [-0.1, -0.05) is 11.6 Å². The van der Waals surface area contributed by atoms with Crippen LogP contribution >= 0.6 is 0 Å². The summed E-state index contributed by atoms with van der Waals surface area (Å²) in [6.45, 7) is 0.983. The highest BCUT2D eigenvalue weighted by Crippen LogP contribution is 2.47. The zero-order valence-corrected chi connectivity index (χ0v) is 12.8. The van der Waals surface area contributed by atoms with Crippen LogP contribution in [0.4, 0.5) is 0 Å². The van der Waals surface area contributed by atoms with E-state index in [9.17, 15) is 0 Å². The molecule has 0 unspecified atom stereocenters. The fraction of sp³-hybridized carbons (Fsp3) is 0.412. The maximum atomic E-state index is 5.54. The van der Waals surface area contributed by atoms with Gasteiger partial charge < -0.3 is 4.52 Å². The van der Waals surface area contributed by atoms with Crippen LogP contribution in [0.1, 0.15) is 42.8 Å². The molecule has 0 bridgehead atoms. The molecule has 3 aromatic rings. The second-order valence-corrected chi connectivity index (χ2v) is 6.44. The Morgan fingerprint density at radius 2 is 2.00 bits per heavy atom. The van der Waals surface area contributed by atoms with Gasteiger partial charge in [-0.15, -0.1) is 0 Å². The summed E-state index contributed by atoms with van der Waals surface area (Å²) in [4.78, 5) is 8.80. The number of nitrogens with zero attached hydrogens (tertiary/aromatic N) is 5. The van der Waals surface area contributed by atoms with Crippen molar-refractivity contribution >= 4 is 0 Å². The first kappa shape index (κ1) is 13.0. The Morgan fingerprint density at radius 3 is 2.74 bits per heavy atom. The number of pyridine rings is 1. The van der Waals surface area contributed by atoms with Crippen LogP contribution in [0, 0.1) is 0 Å². The summed E-state index contributed by atoms with van der Waals surface area (Å²) in [6.07, 6.45) is 9.20. The number of aryl methyl sites for hydroxylation is 2. The molecule has 3 aromatic heterocycles. The third kappa shape index (κ3) is 1.87. The predicted molar refractivity (Wildman–Crippen MR) is 82.7 cm³/mol. The van der Waals surface area contributed by atoms with E-state index in [1.54, 1.807) is 0 Å². The highest BCUT2D eigenvalue weighted by atomic mass is 16.5. The van der Waals surface area contributed by atoms with Crippen LogP contribution in [-0.2, 0) is 18.4 Å². The van der Waals surface area contributed by atoms with Crippen molar-refractivity contribution in [1.29, 1.82) is 0 Å². The molecule has 0 atom stereocenters. The zero-order valence-electron chi connectivity index (χ0n) is 12.8. The first-order chi connectivity index (χ1) is 11.4. The first-order valence-corrected chi connectivity index (χ1v) is 8.17. The number of rotatable bonds is 3. The summed E-state index contributed by atoms with van der Waals surface area (Å²) in [7, 11) is 0. The molecule has 2 aliphatic rings. The molecular formula is C17H17N5O. The minimum atomic E-state index is -0.118. The number of hydrogen-bond acceptors (Lipinski definition) is 5. The van der Waals surface area contributed by atoms with E-state index < -0.39 is 0 Å². The Morgan fingerprint density at radius 1 is 1.13 bits per heavy atom. The molecule has 0 N–H and O–H groups in total. The molecule has 4 heterocycles. The maximum absolute atomic E-state index is 5.54. The van der Waals surface area contributed by atoms with Gasteiger partial charge in [-0.05, 0) is 49.4 Å². The van der Waals surface area contributed by atoms with E-state index in [0.717, 1.165) is 37.3 Å². The van der Waals surface area contributed by atoms with Crippen LogP contribution in [0.25, 0.3) is 11.6 Å². The lowest BCUT2D eigenvalue weighted by Gasteiger charge is -2.39. The molecule has 1 fully saturated rings. The third-order valence-electron chi connectivity index (χ3n) is 5.18. The van der Waals surface area contributed by atoms with Crippen LogP contribution in [0.15, 0.2) is 35.1 Å². The second-order valence-electron chi connectivity index (χ2n) is 6.44. The second kappa shape index (κ2) is 4.75. The predicted octanol–water partition coefficient (Wildman–Crippen LogP) is 2.74. The summed E-state index contributed by atoms with van der Waals surface area (Å²) in [5, 5.41) is 8.87. The van der Waals surface area contributed by atoms with E-state index in [4.69, 9.17) is 4.52 Å². The number of aromatic nitrogens is 5. The minimum Gasteiger partial charge on any atom is -0.332 e. The van der Waals surface area contributed by atoms with E-state index in [0.29, 0.717) is 5.89 Å². The molecule has 1 aliphatic heterocycles. The van der Waals surface area contributed by atoms with Crippen LogP contribution in [-0.4, -0.2) is 24.9 Å². The van der Waals surface area contributed by atoms with Gasteiger partial charge in [0, 0.05) is 24.6 Å². The fourth-order valence-electron chi connectivity index (χ4n) is 3.73. The molecule has 0 radical (unpaired) electrons. The van der Waals surface area contributed by atoms with E-state index in [-0.39, 0.29) is 5.41 Å². The van der Waals surface area contributed by atoms with Crippen molar-refractivity contribution in [3.8, 4) is 11.6 Å². The summed E-state index contributed by atoms with van der Waals surface area (Å²) < 4.78 is 7.58. The van der Waals surface area contributed by atoms with Crippen molar-refractivity contribution in [1.82, 2.24) is 24.9 Å². The zero-order chi connectivity index (χ0) is 15.3. The molecule has 0 spiro atoms. The van der Waals surface area contributed by atoms with E-state index >= 15 is 0 Å². The van der Waals surface area contributed by atoms with Crippen molar-refractivity contribution in [2.24, 2.45) is 0 Å². The Hall–Kier alpha value is -2.50. The van der Waals surface area contributed by atoms with Crippen LogP contribution in [0.5, 0.6) is 0 Å². The molecular weight excluding hydrogens is 290 g/mol. The Bertz CT molecular complexity index is 826. The van der Waals surface area contributed by atoms with Gasteiger partial charge in [-0.25, -0.2) is 0 Å². The van der Waals surface area contributed by atoms with Gasteiger partial charge in [0.15, 0.2) is 11.5 Å². The van der Waals surface area contributed by atoms with Crippen LogP contribution in [0.3, 0.4) is 0 Å². The highest BCUT2D eigenvalue weighted by Gasteiger charge is 2.44. The molecule has 6 nitrogen and oxygen atoms in total. The lowest BCUT2D eigenvalue weighted by atomic mass is 9.64. The summed E-state index contributed by atoms with van der Waals surface area (Å²) in [6, 6.07) is 6.19. The van der Waals surface area contributed by atoms with Gasteiger partial charge in [0.1, 0.15) is 0 Å². The quantitative estimate of drug-likeness (QED) is 0.744. The molecule has 0 amide bonds. The monoisotopic (exact) mass is 307 g/mol.